The minimum absolute atomic E-state index is 0.109. The standard InChI is InChI=1S/C12H10N2O5/c1-2-19-12(16)9(7-13)5-8-3-4-11(15)10(6-8)14(17)18/h3-6,15H,2H2,1H3/p-1/b9-5+. The van der Waals surface area contributed by atoms with Gasteiger partial charge in [0.25, 0.3) is 5.69 Å². The van der Waals surface area contributed by atoms with Gasteiger partial charge in [0.05, 0.1) is 11.5 Å². The van der Waals surface area contributed by atoms with Crippen LogP contribution in [0.3, 0.4) is 0 Å². The van der Waals surface area contributed by atoms with Crippen molar-refractivity contribution < 1.29 is 19.6 Å². The molecule has 98 valence electrons. The van der Waals surface area contributed by atoms with Gasteiger partial charge in [0.2, 0.25) is 0 Å². The maximum absolute atomic E-state index is 11.4. The van der Waals surface area contributed by atoms with E-state index in [2.05, 4.69) is 4.74 Å². The molecule has 7 nitrogen and oxygen atoms in total. The molecule has 0 N–H and O–H groups in total. The van der Waals surface area contributed by atoms with Gasteiger partial charge in [-0.05, 0) is 24.3 Å². The number of hydrogen-bond donors (Lipinski definition) is 0. The van der Waals surface area contributed by atoms with E-state index >= 15 is 0 Å². The summed E-state index contributed by atoms with van der Waals surface area (Å²) in [5, 5.41) is 30.6. The van der Waals surface area contributed by atoms with Crippen LogP contribution in [0.15, 0.2) is 23.8 Å². The second-order valence-electron chi connectivity index (χ2n) is 3.37. The third-order valence-corrected chi connectivity index (χ3v) is 2.11. The molecule has 0 saturated heterocycles. The molecule has 0 saturated carbocycles. The van der Waals surface area contributed by atoms with Crippen LogP contribution >= 0.6 is 0 Å². The Morgan fingerprint density at radius 1 is 1.58 bits per heavy atom. The van der Waals surface area contributed by atoms with Crippen molar-refractivity contribution in [3.63, 3.8) is 0 Å². The molecule has 0 aliphatic carbocycles. The summed E-state index contributed by atoms with van der Waals surface area (Å²) in [6.07, 6.45) is 1.13. The normalized spacial score (nSPS) is 10.6. The second kappa shape index (κ2) is 6.16. The van der Waals surface area contributed by atoms with E-state index in [-0.39, 0.29) is 17.7 Å². The quantitative estimate of drug-likeness (QED) is 0.264. The second-order valence-corrected chi connectivity index (χ2v) is 3.37. The number of carbonyl (C=O) groups excluding carboxylic acids is 1. The molecule has 0 aromatic heterocycles. The fraction of sp³-hybridized carbons (Fsp3) is 0.167. The van der Waals surface area contributed by atoms with Gasteiger partial charge < -0.3 is 9.84 Å². The first-order chi connectivity index (χ1) is 8.99. The molecular weight excluding hydrogens is 252 g/mol. The molecule has 7 heteroatoms. The largest absolute Gasteiger partial charge is 0.868 e. The van der Waals surface area contributed by atoms with Crippen molar-refractivity contribution >= 4 is 17.7 Å². The van der Waals surface area contributed by atoms with Crippen molar-refractivity contribution in [2.75, 3.05) is 6.61 Å². The van der Waals surface area contributed by atoms with E-state index in [1.54, 1.807) is 13.0 Å². The lowest BCUT2D eigenvalue weighted by Crippen LogP contribution is -2.06. The van der Waals surface area contributed by atoms with Crippen LogP contribution in [0.1, 0.15) is 12.5 Å². The van der Waals surface area contributed by atoms with Gasteiger partial charge in [-0.1, -0.05) is 12.1 Å². The minimum atomic E-state index is -0.823. The maximum Gasteiger partial charge on any atom is 0.348 e. The Morgan fingerprint density at radius 2 is 2.26 bits per heavy atom. The van der Waals surface area contributed by atoms with Crippen LogP contribution in [0.2, 0.25) is 0 Å². The smallest absolute Gasteiger partial charge is 0.348 e. The number of nitrogens with zero attached hydrogens (tertiary/aromatic N) is 2. The first kappa shape index (κ1) is 14.2. The van der Waals surface area contributed by atoms with Gasteiger partial charge in [-0.25, -0.2) is 4.79 Å². The van der Waals surface area contributed by atoms with Crippen molar-refractivity contribution in [1.82, 2.24) is 0 Å². The fourth-order valence-corrected chi connectivity index (χ4v) is 1.28. The third-order valence-electron chi connectivity index (χ3n) is 2.11. The first-order valence-corrected chi connectivity index (χ1v) is 5.24. The molecule has 1 aromatic carbocycles. The molecule has 0 spiro atoms. The summed E-state index contributed by atoms with van der Waals surface area (Å²) in [5.41, 5.74) is -0.708. The average Bonchev–Trinajstić information content (AvgIpc) is 2.37. The minimum Gasteiger partial charge on any atom is -0.868 e. The van der Waals surface area contributed by atoms with Crippen molar-refractivity contribution in [3.8, 4) is 11.8 Å². The van der Waals surface area contributed by atoms with Crippen molar-refractivity contribution in [3.05, 3.63) is 39.4 Å². The fourth-order valence-electron chi connectivity index (χ4n) is 1.28. The number of carbonyl (C=O) groups is 1. The van der Waals surface area contributed by atoms with Crippen LogP contribution in [-0.2, 0) is 9.53 Å². The molecule has 1 rings (SSSR count). The van der Waals surface area contributed by atoms with E-state index in [4.69, 9.17) is 5.26 Å². The van der Waals surface area contributed by atoms with Gasteiger partial charge >= 0.3 is 5.97 Å². The van der Waals surface area contributed by atoms with E-state index in [1.165, 1.54) is 6.07 Å². The monoisotopic (exact) mass is 261 g/mol. The van der Waals surface area contributed by atoms with E-state index in [1.807, 2.05) is 0 Å². The zero-order chi connectivity index (χ0) is 14.4. The van der Waals surface area contributed by atoms with Crippen molar-refractivity contribution in [1.29, 1.82) is 5.26 Å². The van der Waals surface area contributed by atoms with Crippen LogP contribution < -0.4 is 5.11 Å². The highest BCUT2D eigenvalue weighted by atomic mass is 16.6. The van der Waals surface area contributed by atoms with Crippen LogP contribution in [-0.4, -0.2) is 17.5 Å². The van der Waals surface area contributed by atoms with Gasteiger partial charge in [0.1, 0.15) is 11.6 Å². The third kappa shape index (κ3) is 3.54. The predicted octanol–water partition coefficient (Wildman–Crippen LogP) is 1.14. The van der Waals surface area contributed by atoms with Crippen LogP contribution in [0, 0.1) is 21.4 Å². The van der Waals surface area contributed by atoms with Gasteiger partial charge in [-0.15, -0.1) is 0 Å². The highest BCUT2D eigenvalue weighted by Gasteiger charge is 2.12. The lowest BCUT2D eigenvalue weighted by Gasteiger charge is -2.06. The Labute approximate surface area is 108 Å². The topological polar surface area (TPSA) is 116 Å². The van der Waals surface area contributed by atoms with E-state index in [0.717, 1.165) is 18.2 Å². The van der Waals surface area contributed by atoms with Gasteiger partial charge in [-0.2, -0.15) is 5.26 Å². The molecular formula is C12H9N2O5-. The molecule has 0 atom stereocenters. The van der Waals surface area contributed by atoms with Crippen molar-refractivity contribution in [2.24, 2.45) is 0 Å². The number of hydrogen-bond acceptors (Lipinski definition) is 6. The SMILES string of the molecule is CCOC(=O)/C(C#N)=C/c1ccc([O-])c([N+](=O)[O-])c1. The lowest BCUT2D eigenvalue weighted by molar-refractivity contribution is -0.398. The molecule has 0 bridgehead atoms. The van der Waals surface area contributed by atoms with E-state index in [9.17, 15) is 20.0 Å². The molecule has 1 aromatic rings. The Morgan fingerprint density at radius 3 is 2.79 bits per heavy atom. The predicted molar refractivity (Wildman–Crippen MR) is 62.8 cm³/mol. The maximum atomic E-state index is 11.4. The molecule has 0 fully saturated rings. The summed E-state index contributed by atoms with van der Waals surface area (Å²) in [7, 11) is 0. The zero-order valence-electron chi connectivity index (χ0n) is 9.95. The number of nitro groups is 1. The van der Waals surface area contributed by atoms with Crippen LogP contribution in [0.5, 0.6) is 5.75 Å². The molecule has 19 heavy (non-hydrogen) atoms. The van der Waals surface area contributed by atoms with Crippen LogP contribution in [0.4, 0.5) is 5.69 Å². The number of benzene rings is 1. The Hall–Kier alpha value is -2.88. The van der Waals surface area contributed by atoms with Gasteiger partial charge in [0.15, 0.2) is 0 Å². The molecule has 0 heterocycles. The molecule has 0 aliphatic heterocycles. The summed E-state index contributed by atoms with van der Waals surface area (Å²) in [6, 6.07) is 4.92. The summed E-state index contributed by atoms with van der Waals surface area (Å²) in [6.45, 7) is 1.70. The van der Waals surface area contributed by atoms with E-state index < -0.39 is 22.3 Å². The molecule has 0 aliphatic rings. The number of rotatable bonds is 4. The molecule has 0 amide bonds. The number of nitriles is 1. The highest BCUT2D eigenvalue weighted by Crippen LogP contribution is 2.24. The molecule has 0 radical (unpaired) electrons. The van der Waals surface area contributed by atoms with Gasteiger partial charge in [0, 0.05) is 6.07 Å². The van der Waals surface area contributed by atoms with Gasteiger partial charge in [-0.3, -0.25) is 10.1 Å². The number of ether oxygens (including phenoxy) is 1. The highest BCUT2D eigenvalue weighted by molar-refractivity contribution is 5.97. The lowest BCUT2D eigenvalue weighted by atomic mass is 10.1. The van der Waals surface area contributed by atoms with Crippen LogP contribution in [0.25, 0.3) is 6.08 Å². The zero-order valence-corrected chi connectivity index (χ0v) is 9.95. The first-order valence-electron chi connectivity index (χ1n) is 5.24. The summed E-state index contributed by atoms with van der Waals surface area (Å²) >= 11 is 0. The summed E-state index contributed by atoms with van der Waals surface area (Å²) in [5.74, 6) is -1.56. The Bertz CT molecular complexity index is 586. The van der Waals surface area contributed by atoms with E-state index in [0.29, 0.717) is 0 Å². The summed E-state index contributed by atoms with van der Waals surface area (Å²) in [4.78, 5) is 21.1. The average molecular weight is 261 g/mol. The summed E-state index contributed by atoms with van der Waals surface area (Å²) < 4.78 is 4.64. The Balaban J connectivity index is 3.17. The molecule has 0 unspecified atom stereocenters. The number of nitro benzene ring substituents is 1. The van der Waals surface area contributed by atoms with Crippen molar-refractivity contribution in [2.45, 2.75) is 6.92 Å². The Kier molecular flexibility index (Phi) is 4.60. The number of esters is 1.